The molecule has 2 fully saturated rings. The van der Waals surface area contributed by atoms with Crippen molar-refractivity contribution in [2.75, 3.05) is 13.2 Å². The number of carbonyl (C=O) groups excluding carboxylic acids is 1. The average molecular weight is 405 g/mol. The molecule has 0 aliphatic heterocycles. The number of carbonyl (C=O) groups is 1. The molecule has 4 nitrogen and oxygen atoms in total. The second kappa shape index (κ2) is 9.61. The third-order valence-electron chi connectivity index (χ3n) is 7.93. The molecule has 2 rings (SSSR count). The molecule has 0 amide bonds. The highest BCUT2D eigenvalue weighted by molar-refractivity contribution is 5.87. The van der Waals surface area contributed by atoms with Gasteiger partial charge in [-0.1, -0.05) is 43.7 Å². The van der Waals surface area contributed by atoms with E-state index in [1.807, 2.05) is 13.0 Å². The monoisotopic (exact) mass is 404 g/mol. The van der Waals surface area contributed by atoms with Crippen LogP contribution in [0.1, 0.15) is 73.1 Å². The number of aliphatic hydroxyl groups excluding tert-OH is 2. The summed E-state index contributed by atoms with van der Waals surface area (Å²) in [4.78, 5) is 12.4. The molecular weight excluding hydrogens is 364 g/mol. The third kappa shape index (κ3) is 4.69. The molecule has 5 unspecified atom stereocenters. The molecule has 0 heterocycles. The first kappa shape index (κ1) is 23.9. The van der Waals surface area contributed by atoms with E-state index in [4.69, 9.17) is 9.84 Å². The van der Waals surface area contributed by atoms with Gasteiger partial charge in [-0.15, -0.1) is 0 Å². The summed E-state index contributed by atoms with van der Waals surface area (Å²) < 4.78 is 5.91. The van der Waals surface area contributed by atoms with Crippen molar-refractivity contribution in [3.05, 3.63) is 35.5 Å². The second-order valence-electron chi connectivity index (χ2n) is 9.65. The molecule has 2 saturated carbocycles. The summed E-state index contributed by atoms with van der Waals surface area (Å²) >= 11 is 0. The topological polar surface area (TPSA) is 66.8 Å². The van der Waals surface area contributed by atoms with Crippen LogP contribution in [-0.4, -0.2) is 35.5 Å². The van der Waals surface area contributed by atoms with Crippen LogP contribution in [0.5, 0.6) is 0 Å². The van der Waals surface area contributed by atoms with E-state index in [1.165, 1.54) is 11.1 Å². The highest BCUT2D eigenvalue weighted by Crippen LogP contribution is 2.62. The van der Waals surface area contributed by atoms with E-state index < -0.39 is 5.41 Å². The zero-order chi connectivity index (χ0) is 21.8. The Bertz CT molecular complexity index is 676. The number of ether oxygens (including phenoxy) is 1. The lowest BCUT2D eigenvalue weighted by molar-refractivity contribution is -0.184. The standard InChI is InChI=1S/C25H40O4/c1-7-18(3)23(28)29-22-12-14-24(5)20(10-8-17(2)13-15-26)19(4)9-11-21(24)25(22,6)16-27/h7,13,20-22,26-27H,4,8-12,14-16H2,1-3,5-6H3. The predicted molar refractivity (Wildman–Crippen MR) is 117 cm³/mol. The van der Waals surface area contributed by atoms with E-state index in [-0.39, 0.29) is 36.6 Å². The van der Waals surface area contributed by atoms with Gasteiger partial charge in [-0.2, -0.15) is 0 Å². The van der Waals surface area contributed by atoms with Crippen LogP contribution in [0.25, 0.3) is 0 Å². The average Bonchev–Trinajstić information content (AvgIpc) is 2.69. The van der Waals surface area contributed by atoms with Gasteiger partial charge in [0, 0.05) is 11.0 Å². The van der Waals surface area contributed by atoms with Gasteiger partial charge in [0.2, 0.25) is 0 Å². The maximum Gasteiger partial charge on any atom is 0.333 e. The SMILES string of the molecule is C=C1CCC2C(C)(CO)C(OC(=O)C(C)=CC)CCC2(C)C1CCC(C)=CCO. The van der Waals surface area contributed by atoms with Crippen LogP contribution in [0.15, 0.2) is 35.5 Å². The van der Waals surface area contributed by atoms with Gasteiger partial charge in [-0.05, 0) is 76.5 Å². The summed E-state index contributed by atoms with van der Waals surface area (Å²) in [6.07, 6.45) is 9.00. The Hall–Kier alpha value is -1.39. The summed E-state index contributed by atoms with van der Waals surface area (Å²) in [7, 11) is 0. The maximum atomic E-state index is 12.4. The smallest absolute Gasteiger partial charge is 0.333 e. The van der Waals surface area contributed by atoms with E-state index in [2.05, 4.69) is 27.4 Å². The van der Waals surface area contributed by atoms with Crippen LogP contribution < -0.4 is 0 Å². The molecular formula is C25H40O4. The normalized spacial score (nSPS) is 36.0. The number of fused-ring (bicyclic) bond motifs is 1. The number of rotatable bonds is 7. The highest BCUT2D eigenvalue weighted by atomic mass is 16.5. The summed E-state index contributed by atoms with van der Waals surface area (Å²) in [5, 5.41) is 19.6. The minimum atomic E-state index is -0.453. The quantitative estimate of drug-likeness (QED) is 0.357. The van der Waals surface area contributed by atoms with Crippen molar-refractivity contribution in [3.63, 3.8) is 0 Å². The van der Waals surface area contributed by atoms with E-state index in [0.29, 0.717) is 11.5 Å². The first-order chi connectivity index (χ1) is 13.6. The first-order valence-electron chi connectivity index (χ1n) is 11.0. The second-order valence-corrected chi connectivity index (χ2v) is 9.65. The van der Waals surface area contributed by atoms with Crippen LogP contribution >= 0.6 is 0 Å². The first-order valence-corrected chi connectivity index (χ1v) is 11.0. The van der Waals surface area contributed by atoms with Crippen LogP contribution in [0.3, 0.4) is 0 Å². The van der Waals surface area contributed by atoms with E-state index >= 15 is 0 Å². The minimum absolute atomic E-state index is 0.0166. The van der Waals surface area contributed by atoms with Crippen molar-refractivity contribution < 1.29 is 19.7 Å². The van der Waals surface area contributed by atoms with Crippen molar-refractivity contribution in [2.45, 2.75) is 79.2 Å². The van der Waals surface area contributed by atoms with Crippen molar-refractivity contribution in [1.29, 1.82) is 0 Å². The molecule has 0 saturated heterocycles. The fourth-order valence-corrected chi connectivity index (χ4v) is 5.88. The number of hydrogen-bond donors (Lipinski definition) is 2. The molecule has 0 aromatic heterocycles. The van der Waals surface area contributed by atoms with E-state index in [1.54, 1.807) is 13.0 Å². The number of esters is 1. The molecule has 29 heavy (non-hydrogen) atoms. The third-order valence-corrected chi connectivity index (χ3v) is 7.93. The number of allylic oxidation sites excluding steroid dienone is 3. The molecule has 0 aromatic carbocycles. The Balaban J connectivity index is 2.28. The van der Waals surface area contributed by atoms with Gasteiger partial charge < -0.3 is 14.9 Å². The molecule has 0 aromatic rings. The lowest BCUT2D eigenvalue weighted by Crippen LogP contribution is -2.58. The summed E-state index contributed by atoms with van der Waals surface area (Å²) in [5.74, 6) is 0.375. The Morgan fingerprint density at radius 3 is 2.55 bits per heavy atom. The van der Waals surface area contributed by atoms with Crippen molar-refractivity contribution in [3.8, 4) is 0 Å². The summed E-state index contributed by atoms with van der Waals surface area (Å²) in [5.41, 5.74) is 2.71. The Morgan fingerprint density at radius 2 is 1.97 bits per heavy atom. The lowest BCUT2D eigenvalue weighted by Gasteiger charge is -2.60. The maximum absolute atomic E-state index is 12.4. The van der Waals surface area contributed by atoms with Gasteiger partial charge >= 0.3 is 5.97 Å². The van der Waals surface area contributed by atoms with Crippen LogP contribution in [0, 0.1) is 22.7 Å². The van der Waals surface area contributed by atoms with E-state index in [9.17, 15) is 9.90 Å². The Morgan fingerprint density at radius 1 is 1.28 bits per heavy atom. The molecule has 0 bridgehead atoms. The summed E-state index contributed by atoms with van der Waals surface area (Å²) in [6, 6.07) is 0. The largest absolute Gasteiger partial charge is 0.458 e. The van der Waals surface area contributed by atoms with Crippen molar-refractivity contribution in [1.82, 2.24) is 0 Å². The predicted octanol–water partition coefficient (Wildman–Crippen LogP) is 4.96. The molecule has 0 radical (unpaired) electrons. The zero-order valence-corrected chi connectivity index (χ0v) is 19.0. The van der Waals surface area contributed by atoms with Crippen molar-refractivity contribution in [2.24, 2.45) is 22.7 Å². The van der Waals surface area contributed by atoms with Gasteiger partial charge in [0.1, 0.15) is 6.10 Å². The molecule has 4 heteroatoms. The van der Waals surface area contributed by atoms with Crippen molar-refractivity contribution >= 4 is 5.97 Å². The highest BCUT2D eigenvalue weighted by Gasteiger charge is 2.58. The molecule has 164 valence electrons. The number of hydrogen-bond acceptors (Lipinski definition) is 4. The molecule has 5 atom stereocenters. The fraction of sp³-hybridized carbons (Fsp3) is 0.720. The van der Waals surface area contributed by atoms with Gasteiger partial charge in [0.15, 0.2) is 0 Å². The lowest BCUT2D eigenvalue weighted by atomic mass is 9.46. The number of aliphatic hydroxyl groups is 2. The van der Waals surface area contributed by atoms with E-state index in [0.717, 1.165) is 38.5 Å². The van der Waals surface area contributed by atoms with Crippen LogP contribution in [0.2, 0.25) is 0 Å². The Labute approximate surface area is 176 Å². The minimum Gasteiger partial charge on any atom is -0.458 e. The Kier molecular flexibility index (Phi) is 7.92. The fourth-order valence-electron chi connectivity index (χ4n) is 5.88. The van der Waals surface area contributed by atoms with Gasteiger partial charge in [0.25, 0.3) is 0 Å². The molecule has 0 spiro atoms. The van der Waals surface area contributed by atoms with Crippen LogP contribution in [0.4, 0.5) is 0 Å². The molecule has 2 aliphatic rings. The van der Waals surface area contributed by atoms with Gasteiger partial charge in [0.05, 0.1) is 13.2 Å². The van der Waals surface area contributed by atoms with Gasteiger partial charge in [-0.3, -0.25) is 0 Å². The van der Waals surface area contributed by atoms with Gasteiger partial charge in [-0.25, -0.2) is 4.79 Å². The molecule has 2 N–H and O–H groups in total. The zero-order valence-electron chi connectivity index (χ0n) is 19.0. The summed E-state index contributed by atoms with van der Waals surface area (Å²) in [6.45, 7) is 14.6. The van der Waals surface area contributed by atoms with Crippen LogP contribution in [-0.2, 0) is 9.53 Å². The molecule has 2 aliphatic carbocycles.